The number of hydrogen-bond donors (Lipinski definition) is 1. The molecule has 0 unspecified atom stereocenters. The fraction of sp³-hybridized carbons (Fsp3) is 0.778. The number of nitrogens with zero attached hydrogens (tertiary/aromatic N) is 1. The van der Waals surface area contributed by atoms with E-state index in [1.54, 1.807) is 6.26 Å². The van der Waals surface area contributed by atoms with E-state index in [0.29, 0.717) is 0 Å². The van der Waals surface area contributed by atoms with E-state index in [1.807, 2.05) is 20.8 Å². The molecule has 0 fully saturated rings. The highest BCUT2D eigenvalue weighted by Crippen LogP contribution is 2.28. The van der Waals surface area contributed by atoms with Crippen molar-refractivity contribution in [3.63, 3.8) is 0 Å². The van der Waals surface area contributed by atoms with Crippen molar-refractivity contribution in [2.24, 2.45) is 0 Å². The maximum absolute atomic E-state index is 8.70. The minimum absolute atomic E-state index is 0.236. The van der Waals surface area contributed by atoms with Gasteiger partial charge in [0.05, 0.1) is 0 Å². The monoisotopic (exact) mass is 171 g/mol. The maximum Gasteiger partial charge on any atom is 0.176 e. The van der Waals surface area contributed by atoms with Gasteiger partial charge >= 0.3 is 0 Å². The Morgan fingerprint density at radius 2 is 2.25 bits per heavy atom. The van der Waals surface area contributed by atoms with Crippen LogP contribution in [-0.4, -0.2) is 28.9 Å². The minimum atomic E-state index is -0.237. The lowest BCUT2D eigenvalue weighted by atomic mass is 10.2. The van der Waals surface area contributed by atoms with Gasteiger partial charge < -0.3 is 14.7 Å². The molecule has 1 aliphatic rings. The zero-order valence-corrected chi connectivity index (χ0v) is 8.00. The molecule has 0 aliphatic carbocycles. The van der Waals surface area contributed by atoms with Crippen LogP contribution in [0, 0.1) is 0 Å². The van der Waals surface area contributed by atoms with Gasteiger partial charge in [-0.3, -0.25) is 0 Å². The Balaban J connectivity index is 2.53. The Morgan fingerprint density at radius 3 is 2.67 bits per heavy atom. The largest absolute Gasteiger partial charge is 0.474 e. The molecule has 0 aromatic rings. The summed E-state index contributed by atoms with van der Waals surface area (Å²) in [5, 5.41) is 8.70. The van der Waals surface area contributed by atoms with Crippen LogP contribution in [0.5, 0.6) is 0 Å². The first-order chi connectivity index (χ1) is 5.58. The zero-order valence-electron chi connectivity index (χ0n) is 8.00. The number of allylic oxidation sites excluding steroid dienone is 1. The van der Waals surface area contributed by atoms with Crippen LogP contribution in [0.4, 0.5) is 0 Å². The Labute approximate surface area is 73.6 Å². The van der Waals surface area contributed by atoms with Gasteiger partial charge in [-0.2, -0.15) is 0 Å². The fourth-order valence-electron chi connectivity index (χ4n) is 1.46. The van der Waals surface area contributed by atoms with Crippen LogP contribution in [0.25, 0.3) is 0 Å². The second kappa shape index (κ2) is 3.35. The van der Waals surface area contributed by atoms with Crippen molar-refractivity contribution in [1.82, 2.24) is 4.90 Å². The molecule has 1 aliphatic heterocycles. The SMILES string of the molecule is CC1=COC(C)(C)N1CCCO. The van der Waals surface area contributed by atoms with Crippen molar-refractivity contribution in [3.8, 4) is 0 Å². The van der Waals surface area contributed by atoms with E-state index in [-0.39, 0.29) is 12.3 Å². The molecule has 0 saturated heterocycles. The van der Waals surface area contributed by atoms with Gasteiger partial charge in [-0.25, -0.2) is 0 Å². The van der Waals surface area contributed by atoms with Crippen LogP contribution < -0.4 is 0 Å². The third kappa shape index (κ3) is 1.72. The molecule has 0 amide bonds. The first-order valence-electron chi connectivity index (χ1n) is 4.31. The van der Waals surface area contributed by atoms with Gasteiger partial charge in [-0.05, 0) is 27.2 Å². The topological polar surface area (TPSA) is 32.7 Å². The Hall–Kier alpha value is -0.700. The van der Waals surface area contributed by atoms with E-state index < -0.39 is 0 Å². The average Bonchev–Trinajstić information content (AvgIpc) is 2.24. The summed E-state index contributed by atoms with van der Waals surface area (Å²) in [6.45, 7) is 7.16. The Morgan fingerprint density at radius 1 is 1.58 bits per heavy atom. The second-order valence-corrected chi connectivity index (χ2v) is 3.55. The highest BCUT2D eigenvalue weighted by molar-refractivity contribution is 5.03. The van der Waals surface area contributed by atoms with Gasteiger partial charge in [0.1, 0.15) is 6.26 Å². The van der Waals surface area contributed by atoms with E-state index in [9.17, 15) is 0 Å². The Bertz CT molecular complexity index is 187. The van der Waals surface area contributed by atoms with Gasteiger partial charge in [0, 0.05) is 18.8 Å². The smallest absolute Gasteiger partial charge is 0.176 e. The number of rotatable bonds is 3. The van der Waals surface area contributed by atoms with Crippen molar-refractivity contribution in [3.05, 3.63) is 12.0 Å². The van der Waals surface area contributed by atoms with E-state index in [4.69, 9.17) is 9.84 Å². The van der Waals surface area contributed by atoms with E-state index in [1.165, 1.54) is 0 Å². The van der Waals surface area contributed by atoms with Crippen LogP contribution in [0.1, 0.15) is 27.2 Å². The van der Waals surface area contributed by atoms with Crippen molar-refractivity contribution in [2.75, 3.05) is 13.2 Å². The van der Waals surface area contributed by atoms with Crippen molar-refractivity contribution >= 4 is 0 Å². The molecule has 0 spiro atoms. The van der Waals surface area contributed by atoms with E-state index in [0.717, 1.165) is 18.7 Å². The van der Waals surface area contributed by atoms with Gasteiger partial charge in [-0.1, -0.05) is 0 Å². The number of ether oxygens (including phenoxy) is 1. The van der Waals surface area contributed by atoms with Crippen molar-refractivity contribution < 1.29 is 9.84 Å². The molecule has 0 aromatic carbocycles. The third-order valence-corrected chi connectivity index (χ3v) is 2.13. The molecule has 1 heterocycles. The van der Waals surface area contributed by atoms with E-state index in [2.05, 4.69) is 4.90 Å². The number of aliphatic hydroxyl groups excluding tert-OH is 1. The summed E-state index contributed by atoms with van der Waals surface area (Å²) >= 11 is 0. The minimum Gasteiger partial charge on any atom is -0.474 e. The molecular formula is C9H17NO2. The average molecular weight is 171 g/mol. The molecule has 3 nitrogen and oxygen atoms in total. The maximum atomic E-state index is 8.70. The number of aliphatic hydroxyl groups is 1. The van der Waals surface area contributed by atoms with Gasteiger partial charge in [0.25, 0.3) is 0 Å². The molecule has 0 aromatic heterocycles. The van der Waals surface area contributed by atoms with Crippen LogP contribution in [-0.2, 0) is 4.74 Å². The lowest BCUT2D eigenvalue weighted by Crippen LogP contribution is -2.40. The van der Waals surface area contributed by atoms with Crippen LogP contribution >= 0.6 is 0 Å². The van der Waals surface area contributed by atoms with E-state index >= 15 is 0 Å². The summed E-state index contributed by atoms with van der Waals surface area (Å²) in [7, 11) is 0. The van der Waals surface area contributed by atoms with Gasteiger partial charge in [0.15, 0.2) is 5.72 Å². The summed E-state index contributed by atoms with van der Waals surface area (Å²) in [5.74, 6) is 0. The van der Waals surface area contributed by atoms with Crippen LogP contribution in [0.3, 0.4) is 0 Å². The van der Waals surface area contributed by atoms with Crippen molar-refractivity contribution in [2.45, 2.75) is 32.9 Å². The summed E-state index contributed by atoms with van der Waals surface area (Å²) < 4.78 is 5.44. The molecule has 3 heteroatoms. The highest BCUT2D eigenvalue weighted by Gasteiger charge is 2.32. The molecule has 0 saturated carbocycles. The van der Waals surface area contributed by atoms with Gasteiger partial charge in [-0.15, -0.1) is 0 Å². The summed E-state index contributed by atoms with van der Waals surface area (Å²) in [5.41, 5.74) is 0.896. The molecule has 1 N–H and O–H groups in total. The predicted molar refractivity (Wildman–Crippen MR) is 47.3 cm³/mol. The first kappa shape index (κ1) is 9.39. The standard InChI is InChI=1S/C9H17NO2/c1-8-7-12-9(2,3)10(8)5-4-6-11/h7,11H,4-6H2,1-3H3. The fourth-order valence-corrected chi connectivity index (χ4v) is 1.46. The quantitative estimate of drug-likeness (QED) is 0.694. The van der Waals surface area contributed by atoms with Crippen LogP contribution in [0.2, 0.25) is 0 Å². The highest BCUT2D eigenvalue weighted by atomic mass is 16.5. The summed E-state index contributed by atoms with van der Waals surface area (Å²) in [6, 6.07) is 0. The van der Waals surface area contributed by atoms with Gasteiger partial charge in [0.2, 0.25) is 0 Å². The molecular weight excluding hydrogens is 154 g/mol. The molecule has 0 atom stereocenters. The second-order valence-electron chi connectivity index (χ2n) is 3.55. The molecule has 0 bridgehead atoms. The first-order valence-corrected chi connectivity index (χ1v) is 4.31. The predicted octanol–water partition coefficient (Wildman–Crippen LogP) is 1.30. The molecule has 70 valence electrons. The third-order valence-electron chi connectivity index (χ3n) is 2.13. The lowest BCUT2D eigenvalue weighted by Gasteiger charge is -2.33. The molecule has 12 heavy (non-hydrogen) atoms. The number of hydrogen-bond acceptors (Lipinski definition) is 3. The van der Waals surface area contributed by atoms with Crippen LogP contribution in [0.15, 0.2) is 12.0 Å². The normalized spacial score (nSPS) is 20.7. The zero-order chi connectivity index (χ0) is 9.19. The van der Waals surface area contributed by atoms with Crippen molar-refractivity contribution in [1.29, 1.82) is 0 Å². The Kier molecular flexibility index (Phi) is 2.62. The molecule has 0 radical (unpaired) electrons. The summed E-state index contributed by atoms with van der Waals surface area (Å²) in [6.07, 6.45) is 2.56. The summed E-state index contributed by atoms with van der Waals surface area (Å²) in [4.78, 5) is 2.16. The molecule has 1 rings (SSSR count). The lowest BCUT2D eigenvalue weighted by molar-refractivity contribution is -0.0353.